The molecule has 0 saturated carbocycles. The number of rotatable bonds is 3. The maximum Gasteiger partial charge on any atom is 0.397 e. The largest absolute Gasteiger partial charge is 0.397 e. The highest BCUT2D eigenvalue weighted by molar-refractivity contribution is 5.89. The fraction of sp³-hybridized carbons (Fsp3) is 0.500. The van der Waals surface area contributed by atoms with Gasteiger partial charge in [-0.05, 0) is 31.9 Å². The zero-order valence-electron chi connectivity index (χ0n) is 13.3. The molecule has 1 fully saturated rings. The third-order valence-electron chi connectivity index (χ3n) is 3.84. The Morgan fingerprint density at radius 2 is 1.75 bits per heavy atom. The van der Waals surface area contributed by atoms with E-state index in [4.69, 9.17) is 0 Å². The normalized spacial score (nSPS) is 15.9. The van der Waals surface area contributed by atoms with Crippen LogP contribution in [0.2, 0.25) is 0 Å². The lowest BCUT2D eigenvalue weighted by molar-refractivity contribution is -0.162. The summed E-state index contributed by atoms with van der Waals surface area (Å²) in [5, 5.41) is 5.48. The lowest BCUT2D eigenvalue weighted by Gasteiger charge is -2.32. The maximum absolute atomic E-state index is 12.2. The van der Waals surface area contributed by atoms with Crippen molar-refractivity contribution in [2.75, 3.05) is 18.4 Å². The van der Waals surface area contributed by atoms with Crippen LogP contribution in [0.25, 0.3) is 0 Å². The van der Waals surface area contributed by atoms with E-state index in [1.807, 2.05) is 19.1 Å². The number of urea groups is 1. The Balaban J connectivity index is 1.75. The molecule has 1 aromatic carbocycles. The van der Waals surface area contributed by atoms with Gasteiger partial charge in [-0.2, -0.15) is 13.2 Å². The highest BCUT2D eigenvalue weighted by Gasteiger charge is 2.34. The molecule has 0 bridgehead atoms. The van der Waals surface area contributed by atoms with Crippen LogP contribution in [0.15, 0.2) is 24.3 Å². The quantitative estimate of drug-likeness (QED) is 0.886. The molecule has 1 aromatic rings. The first-order chi connectivity index (χ1) is 11.2. The number of anilines is 1. The van der Waals surface area contributed by atoms with Crippen molar-refractivity contribution in [3.63, 3.8) is 0 Å². The smallest absolute Gasteiger partial charge is 0.342 e. The Hall–Kier alpha value is -2.25. The second-order valence-electron chi connectivity index (χ2n) is 5.91. The van der Waals surface area contributed by atoms with Crippen LogP contribution in [0.4, 0.5) is 23.7 Å². The van der Waals surface area contributed by atoms with Crippen molar-refractivity contribution < 1.29 is 22.8 Å². The molecule has 2 N–H and O–H groups in total. The van der Waals surface area contributed by atoms with Gasteiger partial charge in [-0.15, -0.1) is 0 Å². The van der Waals surface area contributed by atoms with Gasteiger partial charge in [0.25, 0.3) is 0 Å². The number of hydrogen-bond donors (Lipinski definition) is 2. The van der Waals surface area contributed by atoms with Crippen LogP contribution in [-0.4, -0.2) is 42.1 Å². The van der Waals surface area contributed by atoms with E-state index >= 15 is 0 Å². The molecule has 0 aromatic heterocycles. The number of benzene rings is 1. The lowest BCUT2D eigenvalue weighted by Crippen LogP contribution is -2.48. The molecule has 5 nitrogen and oxygen atoms in total. The number of alkyl halides is 3. The van der Waals surface area contributed by atoms with Gasteiger partial charge in [-0.25, -0.2) is 4.79 Å². The number of piperidine rings is 1. The van der Waals surface area contributed by atoms with Gasteiger partial charge in [-0.1, -0.05) is 17.7 Å². The number of aryl methyl sites for hydroxylation is 1. The monoisotopic (exact) mass is 343 g/mol. The van der Waals surface area contributed by atoms with E-state index in [1.165, 1.54) is 4.90 Å². The van der Waals surface area contributed by atoms with Crippen LogP contribution in [0.5, 0.6) is 0 Å². The molecule has 0 atom stereocenters. The zero-order chi connectivity index (χ0) is 17.7. The second-order valence-corrected chi connectivity index (χ2v) is 5.91. The number of carbonyl (C=O) groups is 2. The van der Waals surface area contributed by atoms with Crippen LogP contribution >= 0.6 is 0 Å². The summed E-state index contributed by atoms with van der Waals surface area (Å²) in [6, 6.07) is 6.80. The third kappa shape index (κ3) is 5.75. The summed E-state index contributed by atoms with van der Waals surface area (Å²) in [6.45, 7) is 2.37. The minimum atomic E-state index is -4.49. The predicted molar refractivity (Wildman–Crippen MR) is 83.6 cm³/mol. The first kappa shape index (κ1) is 18.1. The molecule has 1 aliphatic rings. The molecular formula is C16H20F3N3O2. The summed E-state index contributed by atoms with van der Waals surface area (Å²) in [5.41, 5.74) is 1.74. The van der Waals surface area contributed by atoms with Crippen molar-refractivity contribution in [3.05, 3.63) is 29.8 Å². The average molecular weight is 343 g/mol. The Morgan fingerprint density at radius 1 is 1.17 bits per heavy atom. The third-order valence-corrected chi connectivity index (χ3v) is 3.84. The Kier molecular flexibility index (Phi) is 5.69. The highest BCUT2D eigenvalue weighted by Crippen LogP contribution is 2.22. The molecule has 0 aliphatic carbocycles. The highest BCUT2D eigenvalue weighted by atomic mass is 19.4. The summed E-state index contributed by atoms with van der Waals surface area (Å²) < 4.78 is 36.7. The lowest BCUT2D eigenvalue weighted by atomic mass is 10.0. The van der Waals surface area contributed by atoms with Crippen LogP contribution in [0, 0.1) is 6.92 Å². The van der Waals surface area contributed by atoms with Gasteiger partial charge in [0.1, 0.15) is 6.42 Å². The van der Waals surface area contributed by atoms with Gasteiger partial charge in [0, 0.05) is 24.8 Å². The van der Waals surface area contributed by atoms with Crippen LogP contribution in [0.1, 0.15) is 24.8 Å². The molecule has 0 unspecified atom stereocenters. The first-order valence-electron chi connectivity index (χ1n) is 7.71. The number of amides is 3. The number of carbonyl (C=O) groups excluding carboxylic acids is 2. The van der Waals surface area contributed by atoms with Crippen molar-refractivity contribution in [2.24, 2.45) is 0 Å². The molecular weight excluding hydrogens is 323 g/mol. The molecule has 0 spiro atoms. The van der Waals surface area contributed by atoms with E-state index in [2.05, 4.69) is 10.6 Å². The molecule has 1 saturated heterocycles. The van der Waals surface area contributed by atoms with Crippen molar-refractivity contribution in [3.8, 4) is 0 Å². The number of likely N-dealkylation sites (tertiary alicyclic amines) is 1. The van der Waals surface area contributed by atoms with E-state index in [1.54, 1.807) is 12.1 Å². The molecule has 24 heavy (non-hydrogen) atoms. The van der Waals surface area contributed by atoms with Crippen molar-refractivity contribution in [1.29, 1.82) is 0 Å². The SMILES string of the molecule is Cc1ccc(NC(=O)NC2CCN(C(=O)CC(F)(F)F)CC2)cc1. The maximum atomic E-state index is 12.2. The van der Waals surface area contributed by atoms with Crippen molar-refractivity contribution >= 4 is 17.6 Å². The number of hydrogen-bond acceptors (Lipinski definition) is 2. The molecule has 2 rings (SSSR count). The van der Waals surface area contributed by atoms with E-state index in [0.717, 1.165) is 5.56 Å². The van der Waals surface area contributed by atoms with E-state index in [0.29, 0.717) is 18.5 Å². The summed E-state index contributed by atoms with van der Waals surface area (Å²) in [7, 11) is 0. The Bertz CT molecular complexity index is 579. The van der Waals surface area contributed by atoms with Crippen molar-refractivity contribution in [1.82, 2.24) is 10.2 Å². The van der Waals surface area contributed by atoms with Gasteiger partial charge >= 0.3 is 12.2 Å². The van der Waals surface area contributed by atoms with Gasteiger partial charge in [-0.3, -0.25) is 4.79 Å². The van der Waals surface area contributed by atoms with Gasteiger partial charge < -0.3 is 15.5 Å². The fourth-order valence-corrected chi connectivity index (χ4v) is 2.55. The van der Waals surface area contributed by atoms with Gasteiger partial charge in [0.05, 0.1) is 0 Å². The van der Waals surface area contributed by atoms with E-state index < -0.39 is 18.5 Å². The molecule has 0 radical (unpaired) electrons. The Labute approximate surface area is 138 Å². The molecule has 8 heteroatoms. The van der Waals surface area contributed by atoms with Crippen LogP contribution in [-0.2, 0) is 4.79 Å². The molecule has 1 aliphatic heterocycles. The van der Waals surface area contributed by atoms with Crippen LogP contribution in [0.3, 0.4) is 0 Å². The minimum absolute atomic E-state index is 0.162. The van der Waals surface area contributed by atoms with Crippen molar-refractivity contribution in [2.45, 2.75) is 38.4 Å². The Morgan fingerprint density at radius 3 is 2.29 bits per heavy atom. The molecule has 132 valence electrons. The second kappa shape index (κ2) is 7.55. The summed E-state index contributed by atoms with van der Waals surface area (Å²) in [5.74, 6) is -0.912. The minimum Gasteiger partial charge on any atom is -0.342 e. The average Bonchev–Trinajstić information content (AvgIpc) is 2.48. The number of nitrogens with one attached hydrogen (secondary N) is 2. The molecule has 3 amide bonds. The molecule has 1 heterocycles. The predicted octanol–water partition coefficient (Wildman–Crippen LogP) is 3.06. The summed E-state index contributed by atoms with van der Waals surface area (Å²) in [6.07, 6.45) is -5.05. The van der Waals surface area contributed by atoms with E-state index in [9.17, 15) is 22.8 Å². The summed E-state index contributed by atoms with van der Waals surface area (Å²) >= 11 is 0. The van der Waals surface area contributed by atoms with Gasteiger partial charge in [0.2, 0.25) is 5.91 Å². The van der Waals surface area contributed by atoms with Gasteiger partial charge in [0.15, 0.2) is 0 Å². The zero-order valence-corrected chi connectivity index (χ0v) is 13.3. The topological polar surface area (TPSA) is 61.4 Å². The number of halogens is 3. The first-order valence-corrected chi connectivity index (χ1v) is 7.71. The van der Waals surface area contributed by atoms with Crippen LogP contribution < -0.4 is 10.6 Å². The fourth-order valence-electron chi connectivity index (χ4n) is 2.55. The summed E-state index contributed by atoms with van der Waals surface area (Å²) in [4.78, 5) is 24.6. The standard InChI is InChI=1S/C16H20F3N3O2/c1-11-2-4-12(5-3-11)20-15(24)21-13-6-8-22(9-7-13)14(23)10-16(17,18)19/h2-5,13H,6-10H2,1H3,(H2,20,21,24). The number of nitrogens with zero attached hydrogens (tertiary/aromatic N) is 1. The van der Waals surface area contributed by atoms with E-state index in [-0.39, 0.29) is 25.2 Å².